The van der Waals surface area contributed by atoms with Gasteiger partial charge in [-0.2, -0.15) is 5.10 Å². The Bertz CT molecular complexity index is 740. The van der Waals surface area contributed by atoms with Gasteiger partial charge < -0.3 is 5.11 Å². The van der Waals surface area contributed by atoms with E-state index in [-0.39, 0.29) is 21.4 Å². The van der Waals surface area contributed by atoms with Crippen LogP contribution in [0.2, 0.25) is 5.02 Å². The molecule has 0 aliphatic rings. The molecular weight excluding hydrogens is 302 g/mol. The van der Waals surface area contributed by atoms with Gasteiger partial charge in [-0.1, -0.05) is 18.5 Å². The highest BCUT2D eigenvalue weighted by Gasteiger charge is 2.22. The van der Waals surface area contributed by atoms with Crippen LogP contribution in [0, 0.1) is 0 Å². The maximum atomic E-state index is 12.4. The quantitative estimate of drug-likeness (QED) is 0.905. The molecular formula is C12H14ClN3O3S. The average Bonchev–Trinajstić information content (AvgIpc) is 2.76. The molecule has 0 saturated heterocycles. The van der Waals surface area contributed by atoms with Crippen molar-refractivity contribution in [3.8, 4) is 5.75 Å². The highest BCUT2D eigenvalue weighted by Crippen LogP contribution is 2.28. The third-order valence-electron chi connectivity index (χ3n) is 2.69. The lowest BCUT2D eigenvalue weighted by molar-refractivity contribution is 0.475. The molecule has 1 heterocycles. The van der Waals surface area contributed by atoms with Gasteiger partial charge in [-0.3, -0.25) is 9.40 Å². The first-order chi connectivity index (χ1) is 9.33. The molecule has 0 aliphatic heterocycles. The number of benzene rings is 1. The zero-order valence-corrected chi connectivity index (χ0v) is 12.5. The van der Waals surface area contributed by atoms with Crippen LogP contribution < -0.4 is 4.72 Å². The van der Waals surface area contributed by atoms with Gasteiger partial charge in [0.1, 0.15) is 10.6 Å². The van der Waals surface area contributed by atoms with E-state index < -0.39 is 10.0 Å². The minimum Gasteiger partial charge on any atom is -0.508 e. The first-order valence-corrected chi connectivity index (χ1v) is 7.73. The van der Waals surface area contributed by atoms with Crippen LogP contribution >= 0.6 is 11.6 Å². The third-order valence-corrected chi connectivity index (χ3v) is 4.42. The van der Waals surface area contributed by atoms with Gasteiger partial charge in [-0.25, -0.2) is 8.42 Å². The van der Waals surface area contributed by atoms with Crippen LogP contribution in [-0.4, -0.2) is 23.3 Å². The van der Waals surface area contributed by atoms with Gasteiger partial charge in [0.05, 0.1) is 16.4 Å². The summed E-state index contributed by atoms with van der Waals surface area (Å²) < 4.78 is 28.5. The van der Waals surface area contributed by atoms with E-state index in [4.69, 9.17) is 11.6 Å². The van der Waals surface area contributed by atoms with Crippen molar-refractivity contribution in [2.75, 3.05) is 4.72 Å². The highest BCUT2D eigenvalue weighted by atomic mass is 35.5. The molecule has 8 heteroatoms. The SMILES string of the molecule is CCc1nn(C)cc1S(=O)(=O)Nc1cc(O)ccc1Cl. The Labute approximate surface area is 122 Å². The van der Waals surface area contributed by atoms with Gasteiger partial charge >= 0.3 is 0 Å². The first kappa shape index (κ1) is 14.7. The molecule has 0 spiro atoms. The number of aryl methyl sites for hydroxylation is 2. The molecule has 0 fully saturated rings. The fourth-order valence-electron chi connectivity index (χ4n) is 1.77. The normalized spacial score (nSPS) is 11.6. The van der Waals surface area contributed by atoms with E-state index in [0.717, 1.165) is 0 Å². The second-order valence-electron chi connectivity index (χ2n) is 4.24. The van der Waals surface area contributed by atoms with Gasteiger partial charge in [0, 0.05) is 19.3 Å². The Morgan fingerprint density at radius 1 is 1.45 bits per heavy atom. The largest absolute Gasteiger partial charge is 0.508 e. The van der Waals surface area contributed by atoms with Gasteiger partial charge in [-0.05, 0) is 18.6 Å². The van der Waals surface area contributed by atoms with Crippen LogP contribution in [0.1, 0.15) is 12.6 Å². The minimum absolute atomic E-state index is 0.0750. The number of hydrogen-bond acceptors (Lipinski definition) is 4. The third kappa shape index (κ3) is 2.88. The van der Waals surface area contributed by atoms with E-state index in [1.807, 2.05) is 6.92 Å². The predicted molar refractivity (Wildman–Crippen MR) is 76.5 cm³/mol. The van der Waals surface area contributed by atoms with Crippen LogP contribution in [0.5, 0.6) is 5.75 Å². The molecule has 0 amide bonds. The lowest BCUT2D eigenvalue weighted by Crippen LogP contribution is -2.14. The molecule has 6 nitrogen and oxygen atoms in total. The number of sulfonamides is 1. The Morgan fingerprint density at radius 3 is 2.80 bits per heavy atom. The first-order valence-electron chi connectivity index (χ1n) is 5.87. The average molecular weight is 316 g/mol. The second kappa shape index (κ2) is 5.34. The van der Waals surface area contributed by atoms with Crippen LogP contribution in [0.15, 0.2) is 29.3 Å². The summed E-state index contributed by atoms with van der Waals surface area (Å²) in [7, 11) is -2.15. The van der Waals surface area contributed by atoms with Crippen molar-refractivity contribution in [2.24, 2.45) is 7.05 Å². The number of nitrogens with one attached hydrogen (secondary N) is 1. The molecule has 1 aromatic carbocycles. The maximum Gasteiger partial charge on any atom is 0.265 e. The Kier molecular flexibility index (Phi) is 3.92. The molecule has 20 heavy (non-hydrogen) atoms. The summed E-state index contributed by atoms with van der Waals surface area (Å²) in [4.78, 5) is 0.0990. The van der Waals surface area contributed by atoms with E-state index in [0.29, 0.717) is 12.1 Å². The number of phenolic OH excluding ortho intramolecular Hbond substituents is 1. The van der Waals surface area contributed by atoms with Gasteiger partial charge in [0.2, 0.25) is 0 Å². The summed E-state index contributed by atoms with van der Waals surface area (Å²) in [6, 6.07) is 4.04. The van der Waals surface area contributed by atoms with Crippen molar-refractivity contribution in [1.29, 1.82) is 0 Å². The van der Waals surface area contributed by atoms with E-state index in [1.165, 1.54) is 29.1 Å². The van der Waals surface area contributed by atoms with Crippen LogP contribution in [0.3, 0.4) is 0 Å². The van der Waals surface area contributed by atoms with Crippen molar-refractivity contribution >= 4 is 27.3 Å². The monoisotopic (exact) mass is 315 g/mol. The number of phenols is 1. The zero-order chi connectivity index (χ0) is 14.9. The molecule has 2 N–H and O–H groups in total. The summed E-state index contributed by atoms with van der Waals surface area (Å²) in [6.07, 6.45) is 1.92. The summed E-state index contributed by atoms with van der Waals surface area (Å²) in [5, 5.41) is 13.7. The summed E-state index contributed by atoms with van der Waals surface area (Å²) in [5.41, 5.74) is 0.592. The zero-order valence-electron chi connectivity index (χ0n) is 11.0. The molecule has 108 valence electrons. The predicted octanol–water partition coefficient (Wildman–Crippen LogP) is 2.14. The lowest BCUT2D eigenvalue weighted by atomic mass is 10.3. The number of nitrogens with zero attached hydrogens (tertiary/aromatic N) is 2. The number of hydrogen-bond donors (Lipinski definition) is 2. The molecule has 2 rings (SSSR count). The smallest absolute Gasteiger partial charge is 0.265 e. The minimum atomic E-state index is -3.80. The van der Waals surface area contributed by atoms with Crippen LogP contribution in [0.4, 0.5) is 5.69 Å². The Balaban J connectivity index is 2.43. The van der Waals surface area contributed by atoms with Crippen LogP contribution in [-0.2, 0) is 23.5 Å². The maximum absolute atomic E-state index is 12.4. The summed E-state index contributed by atoms with van der Waals surface area (Å²) >= 11 is 5.91. The van der Waals surface area contributed by atoms with E-state index >= 15 is 0 Å². The molecule has 0 atom stereocenters. The molecule has 0 unspecified atom stereocenters. The van der Waals surface area contributed by atoms with Crippen molar-refractivity contribution in [1.82, 2.24) is 9.78 Å². The molecule has 2 aromatic rings. The van der Waals surface area contributed by atoms with E-state index in [9.17, 15) is 13.5 Å². The fourth-order valence-corrected chi connectivity index (χ4v) is 3.35. The number of rotatable bonds is 4. The molecule has 0 aliphatic carbocycles. The Morgan fingerprint density at radius 2 is 2.15 bits per heavy atom. The second-order valence-corrected chi connectivity index (χ2v) is 6.29. The van der Waals surface area contributed by atoms with Crippen molar-refractivity contribution in [2.45, 2.75) is 18.2 Å². The number of halogens is 1. The topological polar surface area (TPSA) is 84.2 Å². The van der Waals surface area contributed by atoms with E-state index in [1.54, 1.807) is 7.05 Å². The van der Waals surface area contributed by atoms with Gasteiger partial charge in [0.25, 0.3) is 10.0 Å². The van der Waals surface area contributed by atoms with E-state index in [2.05, 4.69) is 9.82 Å². The van der Waals surface area contributed by atoms with Crippen molar-refractivity contribution in [3.63, 3.8) is 0 Å². The van der Waals surface area contributed by atoms with Gasteiger partial charge in [-0.15, -0.1) is 0 Å². The van der Waals surface area contributed by atoms with Gasteiger partial charge in [0.15, 0.2) is 0 Å². The van der Waals surface area contributed by atoms with Crippen LogP contribution in [0.25, 0.3) is 0 Å². The standard InChI is InChI=1S/C12H14ClN3O3S/c1-3-10-12(7-16(2)14-10)20(18,19)15-11-6-8(17)4-5-9(11)13/h4-7,15,17H,3H2,1-2H3. The highest BCUT2D eigenvalue weighted by molar-refractivity contribution is 7.92. The number of aromatic hydroxyl groups is 1. The summed E-state index contributed by atoms with van der Waals surface area (Å²) in [6.45, 7) is 1.82. The molecule has 0 saturated carbocycles. The summed E-state index contributed by atoms with van der Waals surface area (Å²) in [5.74, 6) is -0.0750. The lowest BCUT2D eigenvalue weighted by Gasteiger charge is -2.09. The molecule has 1 aromatic heterocycles. The van der Waals surface area contributed by atoms with Crippen molar-refractivity contribution in [3.05, 3.63) is 35.1 Å². The Hall–Kier alpha value is -1.73. The number of anilines is 1. The van der Waals surface area contributed by atoms with Crippen molar-refractivity contribution < 1.29 is 13.5 Å². The molecule has 0 bridgehead atoms. The molecule has 0 radical (unpaired) electrons. The number of aromatic nitrogens is 2. The fraction of sp³-hybridized carbons (Fsp3) is 0.250.